The molecule has 6 aromatic rings. The van der Waals surface area contributed by atoms with Crippen molar-refractivity contribution < 1.29 is 17.7 Å². The minimum Gasteiger partial charge on any atom is -0.422 e. The molecule has 58 heavy (non-hydrogen) atoms. The number of hydrogen-bond donors (Lipinski definition) is 0. The van der Waals surface area contributed by atoms with Crippen molar-refractivity contribution in [3.05, 3.63) is 184 Å². The largest absolute Gasteiger partial charge is 0.504 e. The van der Waals surface area contributed by atoms with Crippen LogP contribution in [0.15, 0.2) is 151 Å². The fourth-order valence-electron chi connectivity index (χ4n) is 6.81. The van der Waals surface area contributed by atoms with E-state index in [1.165, 1.54) is 22.3 Å². The molecule has 0 aliphatic heterocycles. The van der Waals surface area contributed by atoms with Crippen molar-refractivity contribution in [2.24, 2.45) is 0 Å². The smallest absolute Gasteiger partial charge is 0.422 e. The molecular formula is C50H54N2O4Si2. The zero-order chi connectivity index (χ0) is 41.1. The molecule has 0 amide bonds. The monoisotopic (exact) mass is 802 g/mol. The van der Waals surface area contributed by atoms with E-state index >= 15 is 0 Å². The fourth-order valence-corrected chi connectivity index (χ4v) is 8.60. The number of hydrogen-bond acceptors (Lipinski definition) is 6. The van der Waals surface area contributed by atoms with Gasteiger partial charge in [0.25, 0.3) is 0 Å². The normalized spacial score (nSPS) is 11.6. The molecule has 6 nitrogen and oxygen atoms in total. The topological polar surface area (TPSA) is 43.4 Å². The molecule has 296 valence electrons. The Kier molecular flexibility index (Phi) is 14.3. The first-order valence-corrected chi connectivity index (χ1v) is 22.9. The van der Waals surface area contributed by atoms with Gasteiger partial charge in [-0.15, -0.1) is 5.73 Å². The SMILES string of the molecule is CO[SiH2]C=C=Cc1ccc(N(c2ccc(-c3ccc(N(c4ccc(C=CC[Si](OC)(OC)OC)cc4)c4ccc(C)c(C)c4)cc3)cc2)c2ccc(C)c(C)c2)cc1. The summed E-state index contributed by atoms with van der Waals surface area (Å²) in [6, 6.07) is 48.8. The summed E-state index contributed by atoms with van der Waals surface area (Å²) >= 11 is 0. The summed E-state index contributed by atoms with van der Waals surface area (Å²) < 4.78 is 22.0. The van der Waals surface area contributed by atoms with Crippen LogP contribution < -0.4 is 9.80 Å². The van der Waals surface area contributed by atoms with Crippen LogP contribution in [-0.4, -0.2) is 47.0 Å². The van der Waals surface area contributed by atoms with Crippen molar-refractivity contribution in [1.29, 1.82) is 0 Å². The Hall–Kier alpha value is -5.55. The van der Waals surface area contributed by atoms with E-state index in [1.54, 1.807) is 28.4 Å². The highest BCUT2D eigenvalue weighted by molar-refractivity contribution is 6.61. The average molecular weight is 803 g/mol. The highest BCUT2D eigenvalue weighted by atomic mass is 28.4. The lowest BCUT2D eigenvalue weighted by Crippen LogP contribution is -2.42. The lowest BCUT2D eigenvalue weighted by molar-refractivity contribution is 0.127. The first kappa shape index (κ1) is 42.1. The third-order valence-corrected chi connectivity index (χ3v) is 14.0. The maximum atomic E-state index is 5.58. The number of aryl methyl sites for hydroxylation is 4. The number of benzene rings is 6. The Morgan fingerprint density at radius 3 is 1.29 bits per heavy atom. The first-order chi connectivity index (χ1) is 28.2. The van der Waals surface area contributed by atoms with Crippen molar-refractivity contribution >= 4 is 64.8 Å². The minimum atomic E-state index is -2.68. The molecule has 6 rings (SSSR count). The van der Waals surface area contributed by atoms with E-state index in [9.17, 15) is 0 Å². The fraction of sp³-hybridized carbons (Fsp3) is 0.180. The van der Waals surface area contributed by atoms with E-state index in [1.807, 2.05) is 11.8 Å². The zero-order valence-electron chi connectivity index (χ0n) is 35.0. The van der Waals surface area contributed by atoms with Gasteiger partial charge in [0, 0.05) is 68.6 Å². The quantitative estimate of drug-likeness (QED) is 0.0717. The summed E-state index contributed by atoms with van der Waals surface area (Å²) in [7, 11) is 3.34. The molecule has 0 aliphatic carbocycles. The van der Waals surface area contributed by atoms with Crippen LogP contribution in [0.1, 0.15) is 33.4 Å². The van der Waals surface area contributed by atoms with Gasteiger partial charge in [-0.05, 0) is 157 Å². The number of anilines is 6. The van der Waals surface area contributed by atoms with Gasteiger partial charge in [-0.25, -0.2) is 0 Å². The first-order valence-electron chi connectivity index (χ1n) is 19.5. The Balaban J connectivity index is 1.28. The molecule has 0 saturated heterocycles. The van der Waals surface area contributed by atoms with Crippen LogP contribution in [0.25, 0.3) is 23.3 Å². The summed E-state index contributed by atoms with van der Waals surface area (Å²) in [6.07, 6.45) is 6.16. The van der Waals surface area contributed by atoms with Gasteiger partial charge >= 0.3 is 8.80 Å². The minimum absolute atomic E-state index is 0.591. The lowest BCUT2D eigenvalue weighted by Gasteiger charge is -2.27. The molecule has 0 bridgehead atoms. The molecule has 0 heterocycles. The Morgan fingerprint density at radius 1 is 0.500 bits per heavy atom. The van der Waals surface area contributed by atoms with Crippen LogP contribution in [-0.2, 0) is 17.7 Å². The molecule has 8 heteroatoms. The van der Waals surface area contributed by atoms with Gasteiger partial charge in [0.15, 0.2) is 9.76 Å². The molecule has 0 saturated carbocycles. The van der Waals surface area contributed by atoms with Crippen molar-refractivity contribution in [2.75, 3.05) is 38.2 Å². The van der Waals surface area contributed by atoms with E-state index in [0.717, 1.165) is 56.4 Å². The molecule has 0 aromatic heterocycles. The molecule has 0 atom stereocenters. The highest BCUT2D eigenvalue weighted by Crippen LogP contribution is 2.39. The van der Waals surface area contributed by atoms with Gasteiger partial charge < -0.3 is 27.5 Å². The number of nitrogens with zero attached hydrogens (tertiary/aromatic N) is 2. The van der Waals surface area contributed by atoms with Crippen LogP contribution in [0.3, 0.4) is 0 Å². The van der Waals surface area contributed by atoms with Crippen LogP contribution in [0.2, 0.25) is 6.04 Å². The molecule has 0 unspecified atom stereocenters. The summed E-state index contributed by atoms with van der Waals surface area (Å²) in [6.45, 7) is 8.64. The Labute approximate surface area is 348 Å². The van der Waals surface area contributed by atoms with Crippen molar-refractivity contribution in [2.45, 2.75) is 33.7 Å². The van der Waals surface area contributed by atoms with E-state index in [4.69, 9.17) is 17.7 Å². The second-order valence-electron chi connectivity index (χ2n) is 14.4. The van der Waals surface area contributed by atoms with Crippen LogP contribution in [0, 0.1) is 27.7 Å². The van der Waals surface area contributed by atoms with Crippen molar-refractivity contribution in [1.82, 2.24) is 0 Å². The summed E-state index contributed by atoms with van der Waals surface area (Å²) in [5.74, 6) is 0. The number of rotatable bonds is 16. The third-order valence-electron chi connectivity index (χ3n) is 10.6. The van der Waals surface area contributed by atoms with Crippen LogP contribution >= 0.6 is 0 Å². The Bertz CT molecular complexity index is 2360. The van der Waals surface area contributed by atoms with Crippen molar-refractivity contribution in [3.8, 4) is 11.1 Å². The Morgan fingerprint density at radius 2 is 0.897 bits per heavy atom. The molecule has 0 spiro atoms. The molecule has 0 aliphatic rings. The number of allylic oxidation sites excluding steroid dienone is 1. The highest BCUT2D eigenvalue weighted by Gasteiger charge is 2.36. The van der Waals surface area contributed by atoms with Crippen LogP contribution in [0.5, 0.6) is 0 Å². The van der Waals surface area contributed by atoms with E-state index < -0.39 is 18.6 Å². The molecule has 0 radical (unpaired) electrons. The average Bonchev–Trinajstić information content (AvgIpc) is 3.25. The second kappa shape index (κ2) is 19.7. The standard InChI is InChI=1S/C50H54N2O4Si2/c1-37-13-23-49(35-39(37)3)51(45-25-15-41(16-26-45)11-9-33-57-53-5)47-29-19-43(20-30-47)44-21-31-48(32-22-44)52(50-24-14-38(2)40(4)36-50)46-27-17-42(18-28-46)12-10-34-58(54-6,55-7)56-8/h10-33,35-36H,34,57H2,1-8H3. The van der Waals surface area contributed by atoms with Gasteiger partial charge in [-0.3, -0.25) is 0 Å². The summed E-state index contributed by atoms with van der Waals surface area (Å²) in [4.78, 5) is 4.63. The van der Waals surface area contributed by atoms with E-state index in [-0.39, 0.29) is 0 Å². The molecular weight excluding hydrogens is 749 g/mol. The van der Waals surface area contributed by atoms with Gasteiger partial charge in [0.2, 0.25) is 0 Å². The van der Waals surface area contributed by atoms with E-state index in [2.05, 4.69) is 189 Å². The summed E-state index contributed by atoms with van der Waals surface area (Å²) in [5.41, 5.74) is 21.4. The third kappa shape index (κ3) is 10.1. The predicted molar refractivity (Wildman–Crippen MR) is 249 cm³/mol. The van der Waals surface area contributed by atoms with Gasteiger partial charge in [-0.1, -0.05) is 72.8 Å². The zero-order valence-corrected chi connectivity index (χ0v) is 37.4. The van der Waals surface area contributed by atoms with Crippen LogP contribution in [0.4, 0.5) is 34.1 Å². The molecule has 0 N–H and O–H groups in total. The van der Waals surface area contributed by atoms with Crippen molar-refractivity contribution in [3.63, 3.8) is 0 Å². The van der Waals surface area contributed by atoms with E-state index in [0.29, 0.717) is 6.04 Å². The molecule has 0 fully saturated rings. The van der Waals surface area contributed by atoms with Gasteiger partial charge in [0.1, 0.15) is 0 Å². The van der Waals surface area contributed by atoms with Gasteiger partial charge in [-0.2, -0.15) is 0 Å². The maximum Gasteiger partial charge on any atom is 0.504 e. The lowest BCUT2D eigenvalue weighted by atomic mass is 10.0. The maximum absolute atomic E-state index is 5.58. The second-order valence-corrected chi connectivity index (χ2v) is 18.7. The van der Waals surface area contributed by atoms with Gasteiger partial charge in [0.05, 0.1) is 0 Å². The molecule has 6 aromatic carbocycles. The summed E-state index contributed by atoms with van der Waals surface area (Å²) in [5, 5.41) is 0. The predicted octanol–water partition coefficient (Wildman–Crippen LogP) is 12.3.